The molecule has 0 radical (unpaired) electrons. The van der Waals surface area contributed by atoms with E-state index in [1.54, 1.807) is 0 Å². The van der Waals surface area contributed by atoms with E-state index >= 15 is 0 Å². The van der Waals surface area contributed by atoms with Crippen molar-refractivity contribution in [2.24, 2.45) is 0 Å². The van der Waals surface area contributed by atoms with Crippen LogP contribution in [0.25, 0.3) is 0 Å². The fourth-order valence-corrected chi connectivity index (χ4v) is 5.37. The van der Waals surface area contributed by atoms with Crippen LogP contribution in [0, 0.1) is 0 Å². The van der Waals surface area contributed by atoms with E-state index in [1.165, 1.54) is 41.3 Å². The molecule has 1 aromatic heterocycles. The molecule has 0 bridgehead atoms. The monoisotopic (exact) mass is 432 g/mol. The van der Waals surface area contributed by atoms with Crippen LogP contribution in [0.3, 0.4) is 0 Å². The number of rotatable bonds is 7. The average Bonchev–Trinajstić information content (AvgIpc) is 3.58. The highest BCUT2D eigenvalue weighted by Gasteiger charge is 2.31. The first kappa shape index (κ1) is 20.3. The molecular weight excluding hydrogens is 404 g/mol. The van der Waals surface area contributed by atoms with E-state index in [0.717, 1.165) is 36.8 Å². The molecule has 0 unspecified atom stereocenters. The first-order valence-electron chi connectivity index (χ1n) is 11.1. The van der Waals surface area contributed by atoms with Gasteiger partial charge in [0.1, 0.15) is 5.82 Å². The van der Waals surface area contributed by atoms with Crippen LogP contribution in [0.4, 0.5) is 0 Å². The van der Waals surface area contributed by atoms with E-state index in [1.807, 2.05) is 18.0 Å². The topological polar surface area (TPSA) is 51.0 Å². The quantitative estimate of drug-likeness (QED) is 0.502. The second kappa shape index (κ2) is 8.87. The fraction of sp³-hybridized carbons (Fsp3) is 0.400. The van der Waals surface area contributed by atoms with E-state index < -0.39 is 0 Å². The maximum absolute atomic E-state index is 13.1. The van der Waals surface area contributed by atoms with Crippen molar-refractivity contribution >= 4 is 17.7 Å². The van der Waals surface area contributed by atoms with Crippen LogP contribution in [0.2, 0.25) is 0 Å². The average molecular weight is 433 g/mol. The summed E-state index contributed by atoms with van der Waals surface area (Å²) < 4.78 is 2.21. The minimum atomic E-state index is 0.147. The van der Waals surface area contributed by atoms with E-state index in [-0.39, 0.29) is 11.9 Å². The van der Waals surface area contributed by atoms with Gasteiger partial charge in [-0.1, -0.05) is 66.4 Å². The Morgan fingerprint density at radius 1 is 1.06 bits per heavy atom. The Hall–Kier alpha value is -2.60. The number of hydrogen-bond acceptors (Lipinski definition) is 4. The predicted molar refractivity (Wildman–Crippen MR) is 123 cm³/mol. The van der Waals surface area contributed by atoms with Gasteiger partial charge in [-0.2, -0.15) is 0 Å². The number of thioether (sulfide) groups is 1. The summed E-state index contributed by atoms with van der Waals surface area (Å²) in [6.45, 7) is 0.752. The molecule has 5 nitrogen and oxygen atoms in total. The lowest BCUT2D eigenvalue weighted by molar-refractivity contribution is -0.129. The van der Waals surface area contributed by atoms with Crippen molar-refractivity contribution in [2.75, 3.05) is 12.8 Å². The summed E-state index contributed by atoms with van der Waals surface area (Å²) in [7, 11) is 1.94. The molecule has 1 atom stereocenters. The van der Waals surface area contributed by atoms with Crippen LogP contribution in [-0.2, 0) is 17.8 Å². The van der Waals surface area contributed by atoms with Gasteiger partial charge in [0.15, 0.2) is 5.16 Å². The molecule has 0 aliphatic heterocycles. The smallest absolute Gasteiger partial charge is 0.233 e. The van der Waals surface area contributed by atoms with Gasteiger partial charge in [-0.25, -0.2) is 0 Å². The van der Waals surface area contributed by atoms with Crippen LogP contribution >= 0.6 is 11.8 Å². The van der Waals surface area contributed by atoms with Gasteiger partial charge in [0, 0.05) is 13.0 Å². The third-order valence-electron chi connectivity index (χ3n) is 6.39. The van der Waals surface area contributed by atoms with Gasteiger partial charge in [0.2, 0.25) is 5.91 Å². The number of benzene rings is 2. The number of amides is 1. The molecular formula is C25H28N4OS. The number of fused-ring (bicyclic) bond motifs is 1. The second-order valence-corrected chi connectivity index (χ2v) is 9.53. The molecule has 1 fully saturated rings. The van der Waals surface area contributed by atoms with Crippen molar-refractivity contribution in [3.05, 3.63) is 77.1 Å². The fourth-order valence-electron chi connectivity index (χ4n) is 4.50. The Morgan fingerprint density at radius 2 is 1.84 bits per heavy atom. The summed E-state index contributed by atoms with van der Waals surface area (Å²) in [6.07, 6.45) is 5.62. The molecule has 31 heavy (non-hydrogen) atoms. The normalized spacial score (nSPS) is 17.9. The van der Waals surface area contributed by atoms with Gasteiger partial charge in [-0.15, -0.1) is 10.2 Å². The number of aryl methyl sites for hydroxylation is 1. The van der Waals surface area contributed by atoms with Crippen molar-refractivity contribution < 1.29 is 4.79 Å². The molecule has 0 N–H and O–H groups in total. The van der Waals surface area contributed by atoms with E-state index in [9.17, 15) is 4.79 Å². The summed E-state index contributed by atoms with van der Waals surface area (Å²) in [5.74, 6) is 2.11. The maximum atomic E-state index is 13.1. The van der Waals surface area contributed by atoms with Crippen molar-refractivity contribution in [3.8, 4) is 0 Å². The van der Waals surface area contributed by atoms with Crippen LogP contribution in [0.5, 0.6) is 0 Å². The van der Waals surface area contributed by atoms with Gasteiger partial charge in [0.25, 0.3) is 0 Å². The molecule has 0 saturated heterocycles. The summed E-state index contributed by atoms with van der Waals surface area (Å²) in [4.78, 5) is 15.0. The molecule has 3 aromatic rings. The lowest BCUT2D eigenvalue weighted by atomic mass is 9.87. The van der Waals surface area contributed by atoms with Crippen LogP contribution in [0.1, 0.15) is 60.2 Å². The maximum Gasteiger partial charge on any atom is 0.233 e. The highest BCUT2D eigenvalue weighted by atomic mass is 32.2. The lowest BCUT2D eigenvalue weighted by Crippen LogP contribution is -2.34. The Labute approximate surface area is 187 Å². The van der Waals surface area contributed by atoms with Gasteiger partial charge < -0.3 is 9.47 Å². The Balaban J connectivity index is 1.29. The molecule has 0 spiro atoms. The summed E-state index contributed by atoms with van der Waals surface area (Å²) in [5.41, 5.74) is 3.91. The van der Waals surface area contributed by atoms with Crippen LogP contribution in [-0.4, -0.2) is 38.4 Å². The molecule has 2 aromatic carbocycles. The lowest BCUT2D eigenvalue weighted by Gasteiger charge is -2.33. The molecule has 1 amide bonds. The summed E-state index contributed by atoms with van der Waals surface area (Å²) in [6, 6.07) is 19.1. The van der Waals surface area contributed by atoms with Gasteiger partial charge >= 0.3 is 0 Å². The number of nitrogens with zero attached hydrogens (tertiary/aromatic N) is 4. The van der Waals surface area contributed by atoms with E-state index in [0.29, 0.717) is 11.7 Å². The Bertz CT molecular complexity index is 1060. The highest BCUT2D eigenvalue weighted by molar-refractivity contribution is 7.99. The second-order valence-electron chi connectivity index (χ2n) is 8.59. The minimum absolute atomic E-state index is 0.147. The van der Waals surface area contributed by atoms with Crippen molar-refractivity contribution in [1.29, 1.82) is 0 Å². The van der Waals surface area contributed by atoms with Crippen LogP contribution < -0.4 is 0 Å². The number of hydrogen-bond donors (Lipinski definition) is 0. The molecule has 2 aliphatic rings. The number of carbonyl (C=O) groups is 1. The van der Waals surface area contributed by atoms with Gasteiger partial charge in [0.05, 0.1) is 18.3 Å². The molecule has 1 heterocycles. The SMILES string of the molecule is CN(C(=O)CSc1nnc(C2CC2)n1Cc1ccccc1)[C@@H]1CCCc2ccccc21. The molecule has 1 saturated carbocycles. The Morgan fingerprint density at radius 3 is 2.65 bits per heavy atom. The van der Waals surface area contributed by atoms with Gasteiger partial charge in [-0.05, 0) is 48.8 Å². The van der Waals surface area contributed by atoms with Crippen LogP contribution in [0.15, 0.2) is 59.8 Å². The zero-order chi connectivity index (χ0) is 21.2. The molecule has 6 heteroatoms. The highest BCUT2D eigenvalue weighted by Crippen LogP contribution is 2.40. The predicted octanol–water partition coefficient (Wildman–Crippen LogP) is 4.83. The van der Waals surface area contributed by atoms with Crippen molar-refractivity contribution in [1.82, 2.24) is 19.7 Å². The van der Waals surface area contributed by atoms with E-state index in [4.69, 9.17) is 0 Å². The number of aromatic nitrogens is 3. The molecule has 160 valence electrons. The first-order valence-corrected chi connectivity index (χ1v) is 12.1. The number of carbonyl (C=O) groups excluding carboxylic acids is 1. The third kappa shape index (κ3) is 4.40. The zero-order valence-corrected chi connectivity index (χ0v) is 18.7. The van der Waals surface area contributed by atoms with E-state index in [2.05, 4.69) is 63.3 Å². The summed E-state index contributed by atoms with van der Waals surface area (Å²) in [5, 5.41) is 9.79. The van der Waals surface area contributed by atoms with Crippen molar-refractivity contribution in [2.45, 2.75) is 55.8 Å². The molecule has 5 rings (SSSR count). The minimum Gasteiger partial charge on any atom is -0.338 e. The van der Waals surface area contributed by atoms with Crippen molar-refractivity contribution in [3.63, 3.8) is 0 Å². The molecule has 2 aliphatic carbocycles. The largest absolute Gasteiger partial charge is 0.338 e. The summed E-state index contributed by atoms with van der Waals surface area (Å²) >= 11 is 1.51. The first-order chi connectivity index (χ1) is 15.2. The Kier molecular flexibility index (Phi) is 5.81. The van der Waals surface area contributed by atoms with Gasteiger partial charge in [-0.3, -0.25) is 4.79 Å². The zero-order valence-electron chi connectivity index (χ0n) is 17.9. The third-order valence-corrected chi connectivity index (χ3v) is 7.35. The standard InChI is InChI=1S/C25H28N4OS/c1-28(22-13-7-11-19-10-5-6-12-21(19)22)23(30)17-31-25-27-26-24(20-14-15-20)29(25)16-18-8-3-2-4-9-18/h2-6,8-10,12,20,22H,7,11,13-17H2,1H3/t22-/m1/s1.